The first-order chi connectivity index (χ1) is 9.01. The van der Waals surface area contributed by atoms with Crippen LogP contribution in [0.2, 0.25) is 0 Å². The molecule has 1 rings (SSSR count). The standard InChI is InChI=1S/C10H9ClF3NO4S/c1-6(5-11)20(18,19)9-3-2-7(10(12,13)14)4-8(9)15(16)17/h2-4,6H,5H2,1H3. The Balaban J connectivity index is 3.55. The van der Waals surface area contributed by atoms with Crippen LogP contribution in [-0.2, 0) is 16.0 Å². The maximum Gasteiger partial charge on any atom is 0.416 e. The minimum Gasteiger partial charge on any atom is -0.258 e. The van der Waals surface area contributed by atoms with Crippen molar-refractivity contribution in [3.63, 3.8) is 0 Å². The van der Waals surface area contributed by atoms with Gasteiger partial charge in [0.1, 0.15) is 4.90 Å². The van der Waals surface area contributed by atoms with E-state index in [1.165, 1.54) is 6.92 Å². The SMILES string of the molecule is CC(CCl)S(=O)(=O)c1ccc(C(F)(F)F)cc1[N+](=O)[O-]. The third kappa shape index (κ3) is 3.21. The van der Waals surface area contributed by atoms with Gasteiger partial charge < -0.3 is 0 Å². The minimum absolute atomic E-state index is 0.202. The summed E-state index contributed by atoms with van der Waals surface area (Å²) in [4.78, 5) is 8.86. The van der Waals surface area contributed by atoms with E-state index < -0.39 is 42.3 Å². The smallest absolute Gasteiger partial charge is 0.258 e. The van der Waals surface area contributed by atoms with Crippen LogP contribution in [0.3, 0.4) is 0 Å². The Labute approximate surface area is 117 Å². The van der Waals surface area contributed by atoms with Gasteiger partial charge in [0, 0.05) is 11.9 Å². The Morgan fingerprint density at radius 3 is 2.35 bits per heavy atom. The van der Waals surface area contributed by atoms with Crippen LogP contribution in [0.5, 0.6) is 0 Å². The Kier molecular flexibility index (Phi) is 4.65. The molecule has 20 heavy (non-hydrogen) atoms. The van der Waals surface area contributed by atoms with Gasteiger partial charge in [-0.1, -0.05) is 0 Å². The predicted molar refractivity (Wildman–Crippen MR) is 65.5 cm³/mol. The largest absolute Gasteiger partial charge is 0.416 e. The van der Waals surface area contributed by atoms with E-state index in [4.69, 9.17) is 11.6 Å². The van der Waals surface area contributed by atoms with Gasteiger partial charge in [0.2, 0.25) is 0 Å². The van der Waals surface area contributed by atoms with E-state index in [2.05, 4.69) is 0 Å². The van der Waals surface area contributed by atoms with Crippen molar-refractivity contribution in [1.82, 2.24) is 0 Å². The summed E-state index contributed by atoms with van der Waals surface area (Å²) < 4.78 is 61.4. The number of hydrogen-bond acceptors (Lipinski definition) is 4. The number of nitro groups is 1. The van der Waals surface area contributed by atoms with E-state index in [1.54, 1.807) is 0 Å². The van der Waals surface area contributed by atoms with Gasteiger partial charge in [-0.3, -0.25) is 10.1 Å². The van der Waals surface area contributed by atoms with E-state index in [9.17, 15) is 31.7 Å². The van der Waals surface area contributed by atoms with Crippen molar-refractivity contribution in [3.8, 4) is 0 Å². The summed E-state index contributed by atoms with van der Waals surface area (Å²) in [5.41, 5.74) is -2.40. The molecule has 0 heterocycles. The molecule has 0 amide bonds. The van der Waals surface area contributed by atoms with Crippen molar-refractivity contribution < 1.29 is 26.5 Å². The van der Waals surface area contributed by atoms with E-state index >= 15 is 0 Å². The second-order valence-corrected chi connectivity index (χ2v) is 6.59. The number of benzene rings is 1. The van der Waals surface area contributed by atoms with Crippen LogP contribution in [0.1, 0.15) is 12.5 Å². The third-order valence-corrected chi connectivity index (χ3v) is 5.37. The Hall–Kier alpha value is -1.35. The summed E-state index contributed by atoms with van der Waals surface area (Å²) in [6, 6.07) is 1.27. The highest BCUT2D eigenvalue weighted by Gasteiger charge is 2.36. The summed E-state index contributed by atoms with van der Waals surface area (Å²) in [6.07, 6.45) is -4.80. The Bertz CT molecular complexity index is 630. The topological polar surface area (TPSA) is 77.3 Å². The highest BCUT2D eigenvalue weighted by atomic mass is 35.5. The molecule has 112 valence electrons. The molecule has 0 saturated heterocycles. The average molecular weight is 332 g/mol. The number of rotatable bonds is 4. The molecule has 0 radical (unpaired) electrons. The minimum atomic E-state index is -4.80. The van der Waals surface area contributed by atoms with Crippen LogP contribution in [0.15, 0.2) is 23.1 Å². The molecular weight excluding hydrogens is 323 g/mol. The maximum atomic E-state index is 12.5. The molecule has 0 aliphatic heterocycles. The van der Waals surface area contributed by atoms with E-state index in [0.29, 0.717) is 12.1 Å². The van der Waals surface area contributed by atoms with Crippen molar-refractivity contribution in [2.24, 2.45) is 0 Å². The van der Waals surface area contributed by atoms with Gasteiger partial charge in [-0.05, 0) is 19.1 Å². The maximum absolute atomic E-state index is 12.5. The van der Waals surface area contributed by atoms with Gasteiger partial charge in [0.05, 0.1) is 15.7 Å². The van der Waals surface area contributed by atoms with E-state index in [0.717, 1.165) is 0 Å². The summed E-state index contributed by atoms with van der Waals surface area (Å²) >= 11 is 5.39. The summed E-state index contributed by atoms with van der Waals surface area (Å²) in [6.45, 7) is 1.21. The van der Waals surface area contributed by atoms with Crippen molar-refractivity contribution in [1.29, 1.82) is 0 Å². The molecule has 1 aromatic rings. The molecule has 5 nitrogen and oxygen atoms in total. The number of nitrogens with zero attached hydrogens (tertiary/aromatic N) is 1. The van der Waals surface area contributed by atoms with E-state index in [1.807, 2.05) is 0 Å². The number of halogens is 4. The first-order valence-corrected chi connectivity index (χ1v) is 7.25. The molecule has 0 aliphatic rings. The van der Waals surface area contributed by atoms with Crippen molar-refractivity contribution in [2.75, 3.05) is 5.88 Å². The van der Waals surface area contributed by atoms with Gasteiger partial charge in [0.15, 0.2) is 9.84 Å². The molecular formula is C10H9ClF3NO4S. The van der Waals surface area contributed by atoms with Crippen LogP contribution >= 0.6 is 11.6 Å². The molecule has 0 aliphatic carbocycles. The number of hydrogen-bond donors (Lipinski definition) is 0. The van der Waals surface area contributed by atoms with Crippen LogP contribution in [0.25, 0.3) is 0 Å². The summed E-state index contributed by atoms with van der Waals surface area (Å²) in [7, 11) is -4.17. The van der Waals surface area contributed by atoms with Crippen LogP contribution in [0.4, 0.5) is 18.9 Å². The lowest BCUT2D eigenvalue weighted by Crippen LogP contribution is -2.21. The molecule has 0 bridgehead atoms. The molecule has 0 N–H and O–H groups in total. The first-order valence-electron chi connectivity index (χ1n) is 5.17. The van der Waals surface area contributed by atoms with Gasteiger partial charge in [-0.15, -0.1) is 11.6 Å². The first kappa shape index (κ1) is 16.7. The second kappa shape index (κ2) is 5.57. The van der Waals surface area contributed by atoms with Gasteiger partial charge in [-0.25, -0.2) is 8.42 Å². The van der Waals surface area contributed by atoms with Crippen LogP contribution in [-0.4, -0.2) is 24.5 Å². The lowest BCUT2D eigenvalue weighted by molar-refractivity contribution is -0.388. The quantitative estimate of drug-likeness (QED) is 0.482. The molecule has 0 aromatic heterocycles. The molecule has 1 atom stereocenters. The molecule has 1 aromatic carbocycles. The predicted octanol–water partition coefficient (Wildman–Crippen LogP) is 3.01. The lowest BCUT2D eigenvalue weighted by Gasteiger charge is -2.12. The van der Waals surface area contributed by atoms with Crippen molar-refractivity contribution in [2.45, 2.75) is 23.2 Å². The fraction of sp³-hybridized carbons (Fsp3) is 0.400. The van der Waals surface area contributed by atoms with Gasteiger partial charge in [0.25, 0.3) is 5.69 Å². The average Bonchev–Trinajstić information content (AvgIpc) is 2.35. The van der Waals surface area contributed by atoms with Crippen LogP contribution in [0, 0.1) is 10.1 Å². The lowest BCUT2D eigenvalue weighted by atomic mass is 10.2. The number of alkyl halides is 4. The second-order valence-electron chi connectivity index (χ2n) is 3.95. The van der Waals surface area contributed by atoms with Gasteiger partial charge in [-0.2, -0.15) is 13.2 Å². The highest BCUT2D eigenvalue weighted by Crippen LogP contribution is 2.35. The van der Waals surface area contributed by atoms with Crippen molar-refractivity contribution in [3.05, 3.63) is 33.9 Å². The number of nitro benzene ring substituents is 1. The zero-order valence-electron chi connectivity index (χ0n) is 10.0. The highest BCUT2D eigenvalue weighted by molar-refractivity contribution is 7.92. The van der Waals surface area contributed by atoms with Crippen LogP contribution < -0.4 is 0 Å². The Morgan fingerprint density at radius 1 is 1.40 bits per heavy atom. The third-order valence-electron chi connectivity index (χ3n) is 2.54. The van der Waals surface area contributed by atoms with Gasteiger partial charge >= 0.3 is 6.18 Å². The zero-order valence-corrected chi connectivity index (χ0v) is 11.6. The fourth-order valence-corrected chi connectivity index (χ4v) is 3.16. The van der Waals surface area contributed by atoms with Crippen molar-refractivity contribution >= 4 is 27.1 Å². The van der Waals surface area contributed by atoms with E-state index in [-0.39, 0.29) is 11.9 Å². The molecule has 10 heteroatoms. The fourth-order valence-electron chi connectivity index (χ4n) is 1.38. The summed E-state index contributed by atoms with van der Waals surface area (Å²) in [5.74, 6) is -0.333. The Morgan fingerprint density at radius 2 is 1.95 bits per heavy atom. The molecule has 1 unspecified atom stereocenters. The molecule has 0 spiro atoms. The monoisotopic (exact) mass is 331 g/mol. The molecule has 0 saturated carbocycles. The molecule has 0 fully saturated rings. The number of sulfone groups is 1. The normalized spacial score (nSPS) is 14.1. The summed E-state index contributed by atoms with van der Waals surface area (Å²) in [5, 5.41) is 9.65. The zero-order chi connectivity index (χ0) is 15.7.